The minimum absolute atomic E-state index is 0.802. The molecule has 2 rings (SSSR count). The first-order valence-corrected chi connectivity index (χ1v) is 8.58. The summed E-state index contributed by atoms with van der Waals surface area (Å²) in [6.45, 7) is 7.21. The molecule has 0 aromatic rings. The molecule has 0 aliphatic heterocycles. The Kier molecular flexibility index (Phi) is 6.15. The Balaban J connectivity index is 1.57. The maximum atomic E-state index is 3.78. The minimum atomic E-state index is 0.802. The van der Waals surface area contributed by atoms with E-state index in [1.54, 1.807) is 0 Å². The predicted molar refractivity (Wildman–Crippen MR) is 83.5 cm³/mol. The average Bonchev–Trinajstić information content (AvgIpc) is 2.41. The van der Waals surface area contributed by atoms with Crippen molar-refractivity contribution in [1.29, 1.82) is 0 Å². The third kappa shape index (κ3) is 5.07. The van der Waals surface area contributed by atoms with Gasteiger partial charge in [0.05, 0.1) is 0 Å². The van der Waals surface area contributed by atoms with Gasteiger partial charge < -0.3 is 10.2 Å². The fourth-order valence-electron chi connectivity index (χ4n) is 3.78. The molecule has 2 heteroatoms. The third-order valence-electron chi connectivity index (χ3n) is 5.52. The topological polar surface area (TPSA) is 15.3 Å². The molecule has 19 heavy (non-hydrogen) atoms. The minimum Gasteiger partial charge on any atom is -0.313 e. The van der Waals surface area contributed by atoms with Crippen LogP contribution in [0.25, 0.3) is 0 Å². The van der Waals surface area contributed by atoms with Crippen LogP contribution in [0.4, 0.5) is 0 Å². The molecule has 2 nitrogen and oxygen atoms in total. The van der Waals surface area contributed by atoms with Crippen LogP contribution in [0.2, 0.25) is 0 Å². The zero-order valence-electron chi connectivity index (χ0n) is 13.3. The Morgan fingerprint density at radius 3 is 1.95 bits per heavy atom. The molecule has 0 saturated heterocycles. The van der Waals surface area contributed by atoms with Gasteiger partial charge in [0.25, 0.3) is 0 Å². The Bertz CT molecular complexity index is 238. The van der Waals surface area contributed by atoms with E-state index in [2.05, 4.69) is 31.1 Å². The number of likely N-dealkylation sites (N-methyl/N-ethyl adjacent to an activating group) is 1. The van der Waals surface area contributed by atoms with Crippen molar-refractivity contribution in [1.82, 2.24) is 10.2 Å². The zero-order valence-corrected chi connectivity index (χ0v) is 13.3. The summed E-state index contributed by atoms with van der Waals surface area (Å²) in [4.78, 5) is 2.60. The van der Waals surface area contributed by atoms with Gasteiger partial charge in [-0.05, 0) is 70.3 Å². The van der Waals surface area contributed by atoms with E-state index in [0.717, 1.165) is 23.9 Å². The summed E-state index contributed by atoms with van der Waals surface area (Å²) in [6.07, 6.45) is 11.3. The second kappa shape index (κ2) is 7.64. The van der Waals surface area contributed by atoms with Crippen LogP contribution >= 0.6 is 0 Å². The van der Waals surface area contributed by atoms with Crippen LogP contribution in [-0.2, 0) is 0 Å². The Labute approximate surface area is 120 Å². The van der Waals surface area contributed by atoms with Crippen molar-refractivity contribution in [2.45, 2.75) is 77.3 Å². The molecule has 0 aromatic heterocycles. The van der Waals surface area contributed by atoms with Crippen molar-refractivity contribution in [3.63, 3.8) is 0 Å². The summed E-state index contributed by atoms with van der Waals surface area (Å²) >= 11 is 0. The van der Waals surface area contributed by atoms with Gasteiger partial charge in [-0.1, -0.05) is 13.8 Å². The van der Waals surface area contributed by atoms with Gasteiger partial charge in [0, 0.05) is 25.2 Å². The molecule has 112 valence electrons. The normalized spacial score (nSPS) is 36.6. The summed E-state index contributed by atoms with van der Waals surface area (Å²) in [5.41, 5.74) is 0. The largest absolute Gasteiger partial charge is 0.313 e. The second-order valence-electron chi connectivity index (χ2n) is 7.31. The van der Waals surface area contributed by atoms with Gasteiger partial charge in [-0.15, -0.1) is 0 Å². The standard InChI is InChI=1S/C17H34N2/c1-14-4-8-16(9-5-14)18-12-13-19(3)17-10-6-15(2)7-11-17/h14-18H,4-13H2,1-3H3. The highest BCUT2D eigenvalue weighted by Crippen LogP contribution is 2.26. The Hall–Kier alpha value is -0.0800. The van der Waals surface area contributed by atoms with Crippen LogP contribution in [0.15, 0.2) is 0 Å². The molecule has 0 atom stereocenters. The SMILES string of the molecule is CC1CCC(NCCN(C)C2CCC(C)CC2)CC1. The molecular weight excluding hydrogens is 232 g/mol. The van der Waals surface area contributed by atoms with E-state index >= 15 is 0 Å². The van der Waals surface area contributed by atoms with Gasteiger partial charge in [0.15, 0.2) is 0 Å². The second-order valence-corrected chi connectivity index (χ2v) is 7.31. The van der Waals surface area contributed by atoms with E-state index in [9.17, 15) is 0 Å². The highest BCUT2D eigenvalue weighted by Gasteiger charge is 2.22. The summed E-state index contributed by atoms with van der Waals surface area (Å²) < 4.78 is 0. The van der Waals surface area contributed by atoms with Crippen molar-refractivity contribution in [3.05, 3.63) is 0 Å². The molecule has 2 aliphatic rings. The van der Waals surface area contributed by atoms with Crippen molar-refractivity contribution < 1.29 is 0 Å². The molecular formula is C17H34N2. The fraction of sp³-hybridized carbons (Fsp3) is 1.00. The monoisotopic (exact) mass is 266 g/mol. The molecule has 0 aromatic carbocycles. The van der Waals surface area contributed by atoms with Gasteiger partial charge in [0.2, 0.25) is 0 Å². The third-order valence-corrected chi connectivity index (χ3v) is 5.52. The van der Waals surface area contributed by atoms with E-state index < -0.39 is 0 Å². The maximum Gasteiger partial charge on any atom is 0.0107 e. The van der Waals surface area contributed by atoms with E-state index in [0.29, 0.717) is 0 Å². The van der Waals surface area contributed by atoms with Crippen molar-refractivity contribution >= 4 is 0 Å². The summed E-state index contributed by atoms with van der Waals surface area (Å²) in [6, 6.07) is 1.65. The van der Waals surface area contributed by atoms with E-state index in [1.165, 1.54) is 64.5 Å². The van der Waals surface area contributed by atoms with Crippen molar-refractivity contribution in [3.8, 4) is 0 Å². The lowest BCUT2D eigenvalue weighted by Crippen LogP contribution is -2.42. The molecule has 0 radical (unpaired) electrons. The van der Waals surface area contributed by atoms with Crippen LogP contribution in [-0.4, -0.2) is 37.1 Å². The van der Waals surface area contributed by atoms with Gasteiger partial charge in [0.1, 0.15) is 0 Å². The number of rotatable bonds is 5. The summed E-state index contributed by atoms with van der Waals surface area (Å²) in [5, 5.41) is 3.78. The molecule has 0 unspecified atom stereocenters. The van der Waals surface area contributed by atoms with Gasteiger partial charge in [-0.25, -0.2) is 0 Å². The number of nitrogens with zero attached hydrogens (tertiary/aromatic N) is 1. The fourth-order valence-corrected chi connectivity index (χ4v) is 3.78. The van der Waals surface area contributed by atoms with Crippen LogP contribution in [0, 0.1) is 11.8 Å². The number of hydrogen-bond donors (Lipinski definition) is 1. The summed E-state index contributed by atoms with van der Waals surface area (Å²) in [5.74, 6) is 1.93. The molecule has 2 fully saturated rings. The predicted octanol–water partition coefficient (Wildman–Crippen LogP) is 3.67. The highest BCUT2D eigenvalue weighted by atomic mass is 15.1. The van der Waals surface area contributed by atoms with Gasteiger partial charge in [-0.2, -0.15) is 0 Å². The van der Waals surface area contributed by atoms with Crippen molar-refractivity contribution in [2.24, 2.45) is 11.8 Å². The number of nitrogens with one attached hydrogen (secondary N) is 1. The maximum absolute atomic E-state index is 3.78. The van der Waals surface area contributed by atoms with Crippen LogP contribution in [0.1, 0.15) is 65.2 Å². The average molecular weight is 266 g/mol. The molecule has 2 saturated carbocycles. The van der Waals surface area contributed by atoms with Gasteiger partial charge in [-0.3, -0.25) is 0 Å². The summed E-state index contributed by atoms with van der Waals surface area (Å²) in [7, 11) is 2.32. The van der Waals surface area contributed by atoms with Crippen LogP contribution in [0.3, 0.4) is 0 Å². The zero-order chi connectivity index (χ0) is 13.7. The molecule has 2 aliphatic carbocycles. The molecule has 0 heterocycles. The first-order chi connectivity index (χ1) is 9.15. The van der Waals surface area contributed by atoms with Crippen molar-refractivity contribution in [2.75, 3.05) is 20.1 Å². The lowest BCUT2D eigenvalue weighted by atomic mass is 9.86. The molecule has 0 spiro atoms. The van der Waals surface area contributed by atoms with Gasteiger partial charge >= 0.3 is 0 Å². The number of hydrogen-bond acceptors (Lipinski definition) is 2. The first-order valence-electron chi connectivity index (χ1n) is 8.58. The lowest BCUT2D eigenvalue weighted by Gasteiger charge is -2.34. The quantitative estimate of drug-likeness (QED) is 0.817. The highest BCUT2D eigenvalue weighted by molar-refractivity contribution is 4.79. The van der Waals surface area contributed by atoms with Crippen LogP contribution < -0.4 is 5.32 Å². The molecule has 0 amide bonds. The molecule has 1 N–H and O–H groups in total. The first kappa shape index (κ1) is 15.3. The Morgan fingerprint density at radius 2 is 1.37 bits per heavy atom. The van der Waals surface area contributed by atoms with E-state index in [-0.39, 0.29) is 0 Å². The van der Waals surface area contributed by atoms with E-state index in [1.807, 2.05) is 0 Å². The molecule has 0 bridgehead atoms. The van der Waals surface area contributed by atoms with E-state index in [4.69, 9.17) is 0 Å². The smallest absolute Gasteiger partial charge is 0.0107 e. The van der Waals surface area contributed by atoms with Crippen LogP contribution in [0.5, 0.6) is 0 Å². The lowest BCUT2D eigenvalue weighted by molar-refractivity contribution is 0.167. The Morgan fingerprint density at radius 1 is 0.842 bits per heavy atom.